The van der Waals surface area contributed by atoms with Crippen molar-refractivity contribution in [1.82, 2.24) is 0 Å². The summed E-state index contributed by atoms with van der Waals surface area (Å²) in [5.41, 5.74) is 5.75. The maximum atomic E-state index is 12.6. The summed E-state index contributed by atoms with van der Waals surface area (Å²) in [6.07, 6.45) is 11.6. The van der Waals surface area contributed by atoms with Gasteiger partial charge in [-0.15, -0.1) is 0 Å². The highest BCUT2D eigenvalue weighted by molar-refractivity contribution is 7.86. The van der Waals surface area contributed by atoms with E-state index in [1.165, 1.54) is 6.07 Å². The summed E-state index contributed by atoms with van der Waals surface area (Å²) < 4.78 is 37.6. The Hall–Kier alpha value is -3.36. The van der Waals surface area contributed by atoms with E-state index >= 15 is 0 Å². The number of para-hydroxylation sites is 2. The number of benzene rings is 4. The first kappa shape index (κ1) is 36.9. The first-order valence-corrected chi connectivity index (χ1v) is 19.1. The van der Waals surface area contributed by atoms with Gasteiger partial charge in [0.1, 0.15) is 21.5 Å². The Labute approximate surface area is 309 Å². The molecular formula is C39H37Cl4N2O3S+. The summed E-state index contributed by atoms with van der Waals surface area (Å²) in [4.78, 5) is 1.92. The van der Waals surface area contributed by atoms with Crippen molar-refractivity contribution in [3.63, 3.8) is 0 Å². The Morgan fingerprint density at radius 1 is 0.714 bits per heavy atom. The van der Waals surface area contributed by atoms with E-state index < -0.39 is 10.1 Å². The lowest BCUT2D eigenvalue weighted by Crippen LogP contribution is -2.19. The molecule has 1 aliphatic carbocycles. The molecule has 0 saturated heterocycles. The van der Waals surface area contributed by atoms with Crippen molar-refractivity contribution in [2.45, 2.75) is 44.4 Å². The molecule has 4 aromatic rings. The van der Waals surface area contributed by atoms with Crippen molar-refractivity contribution in [2.75, 3.05) is 18.0 Å². The van der Waals surface area contributed by atoms with Crippen LogP contribution in [0.15, 0.2) is 120 Å². The molecule has 0 unspecified atom stereocenters. The third-order valence-corrected chi connectivity index (χ3v) is 10.4. The topological polar surface area (TPSA) is 60.6 Å². The van der Waals surface area contributed by atoms with Crippen LogP contribution >= 0.6 is 46.4 Å². The van der Waals surface area contributed by atoms with Gasteiger partial charge in [0.25, 0.3) is 10.1 Å². The van der Waals surface area contributed by atoms with E-state index in [4.69, 9.17) is 46.4 Å². The van der Waals surface area contributed by atoms with Crippen molar-refractivity contribution in [3.05, 3.63) is 146 Å². The van der Waals surface area contributed by atoms with Crippen molar-refractivity contribution >= 4 is 84.9 Å². The Balaban J connectivity index is 1.67. The van der Waals surface area contributed by atoms with E-state index in [1.54, 1.807) is 18.2 Å². The van der Waals surface area contributed by atoms with Crippen LogP contribution < -0.4 is 4.90 Å². The van der Waals surface area contributed by atoms with E-state index in [2.05, 4.69) is 23.3 Å². The van der Waals surface area contributed by atoms with Gasteiger partial charge in [0.05, 0.1) is 15.7 Å². The lowest BCUT2D eigenvalue weighted by molar-refractivity contribution is -0.439. The predicted molar refractivity (Wildman–Crippen MR) is 207 cm³/mol. The van der Waals surface area contributed by atoms with E-state index in [-0.39, 0.29) is 4.90 Å². The zero-order valence-corrected chi connectivity index (χ0v) is 31.1. The second-order valence-electron chi connectivity index (χ2n) is 11.6. The van der Waals surface area contributed by atoms with Gasteiger partial charge < -0.3 is 4.90 Å². The molecule has 10 heteroatoms. The van der Waals surface area contributed by atoms with Gasteiger partial charge in [-0.05, 0) is 77.7 Å². The molecule has 0 aromatic heterocycles. The van der Waals surface area contributed by atoms with Gasteiger partial charge in [-0.1, -0.05) is 116 Å². The second kappa shape index (κ2) is 16.6. The standard InChI is InChI=1S/C39H36Cl4N2O3S/c1-3-5-25-44(38-32(40)12-9-13-33(38)41)29-21-17-27(18-22-29)37(31-11-7-8-16-36(31)49(46,47)48)28-19-23-30(24-20-28)45(26-6-4-2)39-34(42)14-10-15-35(39)43/h7-24H,3-6,25-26H2,1-2H3/p+1. The van der Waals surface area contributed by atoms with Crippen molar-refractivity contribution < 1.29 is 17.5 Å². The normalized spacial score (nSPS) is 12.8. The molecule has 0 heterocycles. The van der Waals surface area contributed by atoms with Gasteiger partial charge in [-0.3, -0.25) is 4.55 Å². The maximum Gasteiger partial charge on any atom is 0.295 e. The third kappa shape index (κ3) is 8.51. The Kier molecular flexibility index (Phi) is 12.5. The van der Waals surface area contributed by atoms with E-state index in [0.29, 0.717) is 44.3 Å². The minimum atomic E-state index is -4.55. The summed E-state index contributed by atoms with van der Waals surface area (Å²) >= 11 is 26.6. The largest absolute Gasteiger partial charge is 0.339 e. The molecule has 254 valence electrons. The third-order valence-electron chi connectivity index (χ3n) is 8.26. The van der Waals surface area contributed by atoms with Crippen LogP contribution in [-0.2, 0) is 10.1 Å². The molecule has 0 atom stereocenters. The van der Waals surface area contributed by atoms with Crippen LogP contribution in [0.5, 0.6) is 0 Å². The Morgan fingerprint density at radius 2 is 1.29 bits per heavy atom. The minimum Gasteiger partial charge on any atom is -0.339 e. The van der Waals surface area contributed by atoms with Crippen LogP contribution in [0, 0.1) is 0 Å². The molecule has 1 N–H and O–H groups in total. The van der Waals surface area contributed by atoms with Crippen LogP contribution in [0.3, 0.4) is 0 Å². The van der Waals surface area contributed by atoms with Crippen molar-refractivity contribution in [1.29, 1.82) is 0 Å². The Morgan fingerprint density at radius 3 is 1.86 bits per heavy atom. The average Bonchev–Trinajstić information content (AvgIpc) is 3.08. The van der Waals surface area contributed by atoms with Gasteiger partial charge in [-0.2, -0.15) is 13.0 Å². The van der Waals surface area contributed by atoms with Crippen LogP contribution in [0.25, 0.3) is 5.57 Å². The number of hydrogen-bond donors (Lipinski definition) is 1. The zero-order valence-electron chi connectivity index (χ0n) is 27.2. The second-order valence-corrected chi connectivity index (χ2v) is 14.6. The van der Waals surface area contributed by atoms with Gasteiger partial charge in [0.15, 0.2) is 0 Å². The van der Waals surface area contributed by atoms with E-state index in [0.717, 1.165) is 59.6 Å². The molecule has 4 aromatic carbocycles. The summed E-state index contributed by atoms with van der Waals surface area (Å²) in [5, 5.41) is 2.20. The lowest BCUT2D eigenvalue weighted by Gasteiger charge is -2.27. The van der Waals surface area contributed by atoms with Crippen molar-refractivity contribution in [3.8, 4) is 0 Å². The summed E-state index contributed by atoms with van der Waals surface area (Å²) in [6, 6.07) is 25.2. The smallest absolute Gasteiger partial charge is 0.295 e. The summed E-state index contributed by atoms with van der Waals surface area (Å²) in [6.45, 7) is 5.65. The first-order chi connectivity index (χ1) is 23.5. The maximum absolute atomic E-state index is 12.6. The highest BCUT2D eigenvalue weighted by Crippen LogP contribution is 2.40. The van der Waals surface area contributed by atoms with E-state index in [9.17, 15) is 13.0 Å². The zero-order chi connectivity index (χ0) is 35.1. The molecule has 0 radical (unpaired) electrons. The summed E-state index contributed by atoms with van der Waals surface area (Å²) in [7, 11) is -4.55. The highest BCUT2D eigenvalue weighted by atomic mass is 35.5. The molecule has 1 aliphatic rings. The molecule has 0 saturated carbocycles. The van der Waals surface area contributed by atoms with Gasteiger partial charge >= 0.3 is 0 Å². The number of halogens is 4. The number of unbranched alkanes of at least 4 members (excludes halogenated alkanes) is 2. The molecule has 0 amide bonds. The fourth-order valence-corrected chi connectivity index (χ4v) is 7.76. The molecule has 0 bridgehead atoms. The van der Waals surface area contributed by atoms with E-state index in [1.807, 2.05) is 85.0 Å². The SMILES string of the molecule is CCCCN(c1ccc(C(=C2C=CC(=[N+](CCCC)c3c(Cl)cccc3Cl)C=C2)c2ccccc2S(=O)(=O)O)cc1)c1c(Cl)cccc1Cl. The number of nitrogens with zero attached hydrogens (tertiary/aromatic N) is 2. The quantitative estimate of drug-likeness (QED) is 0.116. The number of allylic oxidation sites excluding steroid dienone is 5. The van der Waals surface area contributed by atoms with Crippen LogP contribution in [-0.4, -0.2) is 36.3 Å². The summed E-state index contributed by atoms with van der Waals surface area (Å²) in [5.74, 6) is 0. The molecule has 49 heavy (non-hydrogen) atoms. The number of hydrogen-bond acceptors (Lipinski definition) is 3. The fraction of sp³-hybridized carbons (Fsp3) is 0.205. The molecule has 5 rings (SSSR count). The predicted octanol–water partition coefficient (Wildman–Crippen LogP) is 12.0. The highest BCUT2D eigenvalue weighted by Gasteiger charge is 2.25. The average molecular weight is 756 g/mol. The lowest BCUT2D eigenvalue weighted by atomic mass is 9.90. The monoisotopic (exact) mass is 753 g/mol. The fourth-order valence-electron chi connectivity index (χ4n) is 5.86. The van der Waals surface area contributed by atoms with Crippen LogP contribution in [0.1, 0.15) is 50.7 Å². The van der Waals surface area contributed by atoms with Gasteiger partial charge in [0, 0.05) is 36.4 Å². The van der Waals surface area contributed by atoms with Crippen molar-refractivity contribution in [2.24, 2.45) is 0 Å². The molecule has 0 fully saturated rings. The van der Waals surface area contributed by atoms with Gasteiger partial charge in [-0.25, -0.2) is 0 Å². The number of anilines is 2. The number of rotatable bonds is 12. The molecule has 0 aliphatic heterocycles. The molecule has 0 spiro atoms. The molecule has 5 nitrogen and oxygen atoms in total. The van der Waals surface area contributed by atoms with Crippen LogP contribution in [0.4, 0.5) is 17.1 Å². The van der Waals surface area contributed by atoms with Gasteiger partial charge in [0.2, 0.25) is 11.4 Å². The first-order valence-electron chi connectivity index (χ1n) is 16.1. The van der Waals surface area contributed by atoms with Crippen LogP contribution in [0.2, 0.25) is 20.1 Å². The molecular weight excluding hydrogens is 718 g/mol. The Bertz CT molecular complexity index is 2010. The minimum absolute atomic E-state index is 0.182.